The zero-order chi connectivity index (χ0) is 28.5. The van der Waals surface area contributed by atoms with Crippen molar-refractivity contribution in [2.24, 2.45) is 0 Å². The Hall–Kier alpha value is -5.18. The zero-order valence-corrected chi connectivity index (χ0v) is 23.6. The van der Waals surface area contributed by atoms with Crippen molar-refractivity contribution >= 4 is 44.4 Å². The highest BCUT2D eigenvalue weighted by Gasteiger charge is 2.26. The molecule has 0 amide bonds. The van der Waals surface area contributed by atoms with Gasteiger partial charge in [0.05, 0.1) is 16.0 Å². The molecule has 6 aromatic rings. The number of para-hydroxylation sites is 1. The molecule has 0 bridgehead atoms. The molecule has 42 heavy (non-hydrogen) atoms. The fourth-order valence-corrected chi connectivity index (χ4v) is 6.64. The highest BCUT2D eigenvalue weighted by atomic mass is 32.1. The van der Waals surface area contributed by atoms with Crippen molar-refractivity contribution in [3.63, 3.8) is 0 Å². The van der Waals surface area contributed by atoms with Crippen molar-refractivity contribution in [2.75, 3.05) is 0 Å². The number of ketones is 1. The molecule has 4 nitrogen and oxygen atoms in total. The fraction of sp³-hybridized carbons (Fsp3) is 0.0811. The van der Waals surface area contributed by atoms with Crippen LogP contribution in [0, 0.1) is 11.3 Å². The van der Waals surface area contributed by atoms with Gasteiger partial charge in [0.25, 0.3) is 0 Å². The number of hydrogen-bond donors (Lipinski definition) is 0. The van der Waals surface area contributed by atoms with Gasteiger partial charge in [-0.2, -0.15) is 5.26 Å². The molecule has 2 aliphatic carbocycles. The molecule has 0 atom stereocenters. The molecule has 8 rings (SSSR count). The molecule has 0 aliphatic heterocycles. The molecule has 4 aromatic carbocycles. The predicted octanol–water partition coefficient (Wildman–Crippen LogP) is 9.43. The van der Waals surface area contributed by atoms with E-state index in [4.69, 9.17) is 5.26 Å². The van der Waals surface area contributed by atoms with Gasteiger partial charge in [-0.3, -0.25) is 9.78 Å². The number of nitriles is 1. The molecule has 0 fully saturated rings. The first-order valence-corrected chi connectivity index (χ1v) is 14.7. The van der Waals surface area contributed by atoms with Gasteiger partial charge in [0.1, 0.15) is 11.1 Å². The quantitative estimate of drug-likeness (QED) is 0.212. The van der Waals surface area contributed by atoms with Crippen molar-refractivity contribution < 1.29 is 4.79 Å². The number of rotatable bonds is 2. The number of benzene rings is 4. The standard InChI is InChI=1S/C27H19NOS.C10H6N2/c29-24-15-18-8-4-5-9-21(18)23-13-10-19-14-20(11-12-22(19)26(23)24)27-28-16-25(30-27)17-6-2-1-3-7-17;11-6-8-5-9-3-1-2-4-10(9)12-7-8/h1-3,5-7,9-14,16H,4,8,15H2;1-5,7H. The van der Waals surface area contributed by atoms with Gasteiger partial charge < -0.3 is 0 Å². The molecule has 0 unspecified atom stereocenters. The first-order chi connectivity index (χ1) is 20.7. The summed E-state index contributed by atoms with van der Waals surface area (Å²) in [6, 6.07) is 32.6. The van der Waals surface area contributed by atoms with Gasteiger partial charge in [-0.15, -0.1) is 11.3 Å². The lowest BCUT2D eigenvalue weighted by molar-refractivity contribution is 0.0991. The lowest BCUT2D eigenvalue weighted by Crippen LogP contribution is -2.13. The maximum absolute atomic E-state index is 13.0. The van der Waals surface area contributed by atoms with Gasteiger partial charge >= 0.3 is 0 Å². The van der Waals surface area contributed by atoms with Gasteiger partial charge in [-0.25, -0.2) is 4.98 Å². The lowest BCUT2D eigenvalue weighted by Gasteiger charge is -2.24. The Morgan fingerprint density at radius 1 is 0.810 bits per heavy atom. The van der Waals surface area contributed by atoms with Gasteiger partial charge in [0.15, 0.2) is 5.78 Å². The Labute approximate surface area is 247 Å². The van der Waals surface area contributed by atoms with E-state index in [-0.39, 0.29) is 5.78 Å². The molecule has 200 valence electrons. The second-order valence-electron chi connectivity index (χ2n) is 10.4. The molecule has 0 N–H and O–H groups in total. The van der Waals surface area contributed by atoms with E-state index in [9.17, 15) is 4.79 Å². The van der Waals surface area contributed by atoms with Crippen LogP contribution >= 0.6 is 11.3 Å². The molecule has 0 radical (unpaired) electrons. The third-order valence-electron chi connectivity index (χ3n) is 7.77. The first kappa shape index (κ1) is 25.8. The van der Waals surface area contributed by atoms with Crippen molar-refractivity contribution in [3.8, 4) is 27.1 Å². The van der Waals surface area contributed by atoms with Gasteiger partial charge in [-0.1, -0.05) is 90.5 Å². The van der Waals surface area contributed by atoms with Gasteiger partial charge in [0.2, 0.25) is 0 Å². The smallest absolute Gasteiger partial charge is 0.168 e. The van der Waals surface area contributed by atoms with Crippen molar-refractivity contribution in [1.29, 1.82) is 5.26 Å². The van der Waals surface area contributed by atoms with Crippen molar-refractivity contribution in [2.45, 2.75) is 19.3 Å². The average Bonchev–Trinajstić information content (AvgIpc) is 3.55. The summed E-state index contributed by atoms with van der Waals surface area (Å²) in [5.41, 5.74) is 8.34. The largest absolute Gasteiger partial charge is 0.294 e. The number of nitrogens with zero attached hydrogens (tertiary/aromatic N) is 3. The summed E-state index contributed by atoms with van der Waals surface area (Å²) in [5.74, 6) is 0.248. The van der Waals surface area contributed by atoms with Crippen LogP contribution < -0.4 is 0 Å². The summed E-state index contributed by atoms with van der Waals surface area (Å²) >= 11 is 1.70. The van der Waals surface area contributed by atoms with Gasteiger partial charge in [0, 0.05) is 35.3 Å². The predicted molar refractivity (Wildman–Crippen MR) is 171 cm³/mol. The number of carbonyl (C=O) groups excluding carboxylic acids is 1. The summed E-state index contributed by atoms with van der Waals surface area (Å²) in [4.78, 5) is 23.0. The lowest BCUT2D eigenvalue weighted by atomic mass is 9.79. The van der Waals surface area contributed by atoms with Crippen LogP contribution in [0.3, 0.4) is 0 Å². The van der Waals surface area contributed by atoms with E-state index in [0.29, 0.717) is 12.0 Å². The molecular weight excluding hydrogens is 534 g/mol. The minimum absolute atomic E-state index is 0.248. The van der Waals surface area contributed by atoms with Gasteiger partial charge in [-0.05, 0) is 58.5 Å². The summed E-state index contributed by atoms with van der Waals surface area (Å²) in [7, 11) is 0. The molecular formula is C37H25N3OS. The average molecular weight is 560 g/mol. The maximum atomic E-state index is 13.0. The molecule has 0 spiro atoms. The van der Waals surface area contributed by atoms with Crippen LogP contribution in [0.4, 0.5) is 0 Å². The summed E-state index contributed by atoms with van der Waals surface area (Å²) in [6.45, 7) is 0. The third-order valence-corrected chi connectivity index (χ3v) is 8.87. The number of Topliss-reactive ketones (excluding diaryl/α,β-unsaturated/α-hetero) is 1. The summed E-state index contributed by atoms with van der Waals surface area (Å²) < 4.78 is 0. The first-order valence-electron chi connectivity index (χ1n) is 13.9. The number of allylic oxidation sites excluding steroid dienone is 4. The number of aromatic nitrogens is 2. The normalized spacial score (nSPS) is 13.7. The van der Waals surface area contributed by atoms with E-state index < -0.39 is 0 Å². The van der Waals surface area contributed by atoms with E-state index in [0.717, 1.165) is 61.1 Å². The second kappa shape index (κ2) is 11.0. The monoisotopic (exact) mass is 559 g/mol. The Morgan fingerprint density at radius 2 is 1.67 bits per heavy atom. The van der Waals surface area contributed by atoms with Crippen LogP contribution in [0.1, 0.15) is 40.7 Å². The number of pyridine rings is 1. The molecule has 2 heterocycles. The summed E-state index contributed by atoms with van der Waals surface area (Å²) in [6.07, 6.45) is 10.5. The van der Waals surface area contributed by atoms with Crippen LogP contribution in [-0.2, 0) is 0 Å². The maximum Gasteiger partial charge on any atom is 0.168 e. The Balaban J connectivity index is 0.000000201. The Bertz CT molecular complexity index is 2100. The van der Waals surface area contributed by atoms with Crippen LogP contribution in [0.5, 0.6) is 0 Å². The Kier molecular flexibility index (Phi) is 6.75. The third kappa shape index (κ3) is 4.83. The number of thiazole rings is 1. The van der Waals surface area contributed by atoms with Crippen LogP contribution in [0.25, 0.3) is 48.3 Å². The fourth-order valence-electron chi connectivity index (χ4n) is 5.72. The van der Waals surface area contributed by atoms with E-state index >= 15 is 0 Å². The second-order valence-corrected chi connectivity index (χ2v) is 11.4. The van der Waals surface area contributed by atoms with Crippen LogP contribution in [0.15, 0.2) is 121 Å². The highest BCUT2D eigenvalue weighted by molar-refractivity contribution is 7.18. The molecule has 2 aromatic heterocycles. The number of hydrogen-bond acceptors (Lipinski definition) is 5. The molecule has 5 heteroatoms. The topological polar surface area (TPSA) is 66.6 Å². The van der Waals surface area contributed by atoms with E-state index in [1.165, 1.54) is 16.7 Å². The van der Waals surface area contributed by atoms with E-state index in [2.05, 4.69) is 70.7 Å². The summed E-state index contributed by atoms with van der Waals surface area (Å²) in [5, 5.41) is 12.8. The highest BCUT2D eigenvalue weighted by Crippen LogP contribution is 2.41. The minimum Gasteiger partial charge on any atom is -0.294 e. The van der Waals surface area contributed by atoms with Crippen LogP contribution in [0.2, 0.25) is 0 Å². The van der Waals surface area contributed by atoms with Crippen molar-refractivity contribution in [3.05, 3.63) is 138 Å². The number of carbonyl (C=O) groups is 1. The number of fused-ring (bicyclic) bond motifs is 5. The van der Waals surface area contributed by atoms with Crippen LogP contribution in [-0.4, -0.2) is 15.8 Å². The SMILES string of the molecule is N#Cc1cnc2ccccc2c1.O=C1CC2=C(C=CCC2)c2ccc3cc(-c4ncc(-c5ccccc5)s4)ccc3c21. The minimum atomic E-state index is 0.248. The molecule has 2 aliphatic rings. The van der Waals surface area contributed by atoms with E-state index in [1.54, 1.807) is 17.5 Å². The zero-order valence-electron chi connectivity index (χ0n) is 22.7. The molecule has 0 saturated heterocycles. The Morgan fingerprint density at radius 3 is 2.55 bits per heavy atom. The van der Waals surface area contributed by atoms with Crippen molar-refractivity contribution in [1.82, 2.24) is 9.97 Å². The molecule has 0 saturated carbocycles. The van der Waals surface area contributed by atoms with E-state index in [1.807, 2.05) is 54.7 Å².